The summed E-state index contributed by atoms with van der Waals surface area (Å²) in [5, 5.41) is 0. The fourth-order valence-electron chi connectivity index (χ4n) is 3.40. The molecule has 3 aromatic carbocycles. The number of methoxy groups -OCH3 is 2. The molecule has 0 unspecified atom stereocenters. The highest BCUT2D eigenvalue weighted by Gasteiger charge is 2.33. The summed E-state index contributed by atoms with van der Waals surface area (Å²) in [6, 6.07) is 17.6. The number of urea groups is 1. The van der Waals surface area contributed by atoms with Crippen molar-refractivity contribution in [1.82, 2.24) is 0 Å². The third kappa shape index (κ3) is 3.57. The first-order valence-corrected chi connectivity index (χ1v) is 10.2. The molecule has 0 aliphatic carbocycles. The molecular formula is C23H21FN2O3S. The predicted octanol–water partition coefficient (Wildman–Crippen LogP) is 5.81. The summed E-state index contributed by atoms with van der Waals surface area (Å²) in [5.41, 5.74) is 2.70. The van der Waals surface area contributed by atoms with Gasteiger partial charge in [0.2, 0.25) is 0 Å². The zero-order chi connectivity index (χ0) is 21.3. The van der Waals surface area contributed by atoms with Crippen LogP contribution in [0.1, 0.15) is 11.1 Å². The van der Waals surface area contributed by atoms with Crippen LogP contribution in [-0.4, -0.2) is 20.3 Å². The minimum atomic E-state index is -0.323. The summed E-state index contributed by atoms with van der Waals surface area (Å²) < 4.78 is 26.8. The van der Waals surface area contributed by atoms with Crippen LogP contribution in [0.2, 0.25) is 0 Å². The van der Waals surface area contributed by atoms with Crippen molar-refractivity contribution in [2.24, 2.45) is 0 Å². The number of anilines is 2. The van der Waals surface area contributed by atoms with Gasteiger partial charge in [-0.3, -0.25) is 4.90 Å². The molecule has 1 heterocycles. The van der Waals surface area contributed by atoms with Crippen molar-refractivity contribution in [3.8, 4) is 11.5 Å². The van der Waals surface area contributed by atoms with Gasteiger partial charge in [0.1, 0.15) is 5.82 Å². The summed E-state index contributed by atoms with van der Waals surface area (Å²) in [5.74, 6) is 0.782. The lowest BCUT2D eigenvalue weighted by Crippen LogP contribution is -2.43. The molecule has 1 aliphatic heterocycles. The van der Waals surface area contributed by atoms with Gasteiger partial charge in [-0.25, -0.2) is 13.5 Å². The fraction of sp³-hybridized carbons (Fsp3) is 0.174. The molecule has 0 spiro atoms. The molecule has 0 saturated carbocycles. The van der Waals surface area contributed by atoms with Crippen molar-refractivity contribution in [3.63, 3.8) is 0 Å². The average Bonchev–Trinajstić information content (AvgIpc) is 2.77. The molecule has 0 atom stereocenters. The highest BCUT2D eigenvalue weighted by atomic mass is 32.2. The Bertz CT molecular complexity index is 1090. The van der Waals surface area contributed by atoms with Gasteiger partial charge in [-0.15, -0.1) is 0 Å². The molecule has 0 radical (unpaired) electrons. The lowest BCUT2D eigenvalue weighted by atomic mass is 10.1. The second-order valence-corrected chi connectivity index (χ2v) is 7.78. The van der Waals surface area contributed by atoms with E-state index in [1.807, 2.05) is 37.3 Å². The molecule has 0 saturated heterocycles. The van der Waals surface area contributed by atoms with Crippen LogP contribution in [0.25, 0.3) is 0 Å². The van der Waals surface area contributed by atoms with Crippen LogP contribution < -0.4 is 18.7 Å². The molecule has 154 valence electrons. The second kappa shape index (κ2) is 8.28. The topological polar surface area (TPSA) is 42.0 Å². The Morgan fingerprint density at radius 1 is 0.967 bits per heavy atom. The summed E-state index contributed by atoms with van der Waals surface area (Å²) in [6.45, 7) is 1.98. The normalized spacial score (nSPS) is 13.3. The van der Waals surface area contributed by atoms with Crippen LogP contribution in [0.4, 0.5) is 20.6 Å². The van der Waals surface area contributed by atoms with E-state index < -0.39 is 0 Å². The second-order valence-electron chi connectivity index (χ2n) is 6.80. The molecule has 0 fully saturated rings. The number of hydrogen-bond donors (Lipinski definition) is 0. The Labute approximate surface area is 179 Å². The highest BCUT2D eigenvalue weighted by Crippen LogP contribution is 2.44. The van der Waals surface area contributed by atoms with Gasteiger partial charge >= 0.3 is 6.03 Å². The van der Waals surface area contributed by atoms with Crippen molar-refractivity contribution >= 4 is 29.4 Å². The zero-order valence-corrected chi connectivity index (χ0v) is 17.7. The van der Waals surface area contributed by atoms with Gasteiger partial charge in [0, 0.05) is 11.6 Å². The Kier molecular flexibility index (Phi) is 5.55. The highest BCUT2D eigenvalue weighted by molar-refractivity contribution is 8.01. The van der Waals surface area contributed by atoms with E-state index in [2.05, 4.69) is 0 Å². The number of fused-ring (bicyclic) bond motifs is 1. The Balaban J connectivity index is 1.77. The van der Waals surface area contributed by atoms with E-state index in [-0.39, 0.29) is 18.4 Å². The maximum absolute atomic E-state index is 14.5. The predicted molar refractivity (Wildman–Crippen MR) is 117 cm³/mol. The van der Waals surface area contributed by atoms with Crippen LogP contribution in [0.5, 0.6) is 11.5 Å². The number of para-hydroxylation sites is 1. The Morgan fingerprint density at radius 3 is 2.47 bits per heavy atom. The molecule has 5 nitrogen and oxygen atoms in total. The molecule has 0 bridgehead atoms. The van der Waals surface area contributed by atoms with Crippen molar-refractivity contribution < 1.29 is 18.7 Å². The smallest absolute Gasteiger partial charge is 0.339 e. The molecule has 3 aromatic rings. The van der Waals surface area contributed by atoms with Gasteiger partial charge in [0.25, 0.3) is 0 Å². The molecule has 4 rings (SSSR count). The number of halogens is 1. The number of rotatable bonds is 5. The van der Waals surface area contributed by atoms with Crippen LogP contribution in [0.3, 0.4) is 0 Å². The monoisotopic (exact) mass is 424 g/mol. The standard InChI is InChI=1S/C23H21FN2O3S/c1-15-7-6-8-18(24)17(15)14-25-19-9-4-5-10-22(19)30-26(23(25)27)16-11-12-20(28-2)21(13-16)29-3/h4-13H,14H2,1-3H3. The Hall–Kier alpha value is -3.19. The molecule has 0 aromatic heterocycles. The maximum atomic E-state index is 14.5. The summed E-state index contributed by atoms with van der Waals surface area (Å²) >= 11 is 1.33. The SMILES string of the molecule is COc1ccc(N2Sc3ccccc3N(Cc3c(C)cccc3F)C2=O)cc1OC. The minimum Gasteiger partial charge on any atom is -0.493 e. The first kappa shape index (κ1) is 20.1. The number of aryl methyl sites for hydroxylation is 1. The molecule has 7 heteroatoms. The van der Waals surface area contributed by atoms with Crippen LogP contribution in [0, 0.1) is 12.7 Å². The lowest BCUT2D eigenvalue weighted by molar-refractivity contribution is 0.254. The van der Waals surface area contributed by atoms with Crippen LogP contribution in [-0.2, 0) is 6.54 Å². The molecule has 2 amide bonds. The maximum Gasteiger partial charge on any atom is 0.339 e. The van der Waals surface area contributed by atoms with Gasteiger partial charge < -0.3 is 9.47 Å². The quantitative estimate of drug-likeness (QED) is 0.485. The van der Waals surface area contributed by atoms with E-state index in [9.17, 15) is 9.18 Å². The minimum absolute atomic E-state index is 0.138. The first-order chi connectivity index (χ1) is 14.5. The zero-order valence-electron chi connectivity index (χ0n) is 16.9. The number of carbonyl (C=O) groups excluding carboxylic acids is 1. The van der Waals surface area contributed by atoms with Crippen molar-refractivity contribution in [2.75, 3.05) is 23.4 Å². The number of hydrogen-bond acceptors (Lipinski definition) is 4. The molecule has 0 N–H and O–H groups in total. The van der Waals surface area contributed by atoms with Gasteiger partial charge in [0.05, 0.1) is 37.0 Å². The number of nitrogens with zero attached hydrogens (tertiary/aromatic N) is 2. The molecule has 30 heavy (non-hydrogen) atoms. The number of benzene rings is 3. The van der Waals surface area contributed by atoms with Crippen molar-refractivity contribution in [1.29, 1.82) is 0 Å². The van der Waals surface area contributed by atoms with E-state index in [4.69, 9.17) is 9.47 Å². The molecular weight excluding hydrogens is 403 g/mol. The lowest BCUT2D eigenvalue weighted by Gasteiger charge is -2.36. The van der Waals surface area contributed by atoms with Gasteiger partial charge in [-0.2, -0.15) is 0 Å². The Morgan fingerprint density at radius 2 is 1.73 bits per heavy atom. The van der Waals surface area contributed by atoms with Crippen LogP contribution >= 0.6 is 11.9 Å². The van der Waals surface area contributed by atoms with E-state index in [1.165, 1.54) is 18.0 Å². The summed E-state index contributed by atoms with van der Waals surface area (Å²) in [4.78, 5) is 16.0. The van der Waals surface area contributed by atoms with E-state index in [0.717, 1.165) is 16.1 Å². The van der Waals surface area contributed by atoms with Crippen molar-refractivity contribution in [3.05, 3.63) is 77.6 Å². The fourth-order valence-corrected chi connectivity index (χ4v) is 4.40. The van der Waals surface area contributed by atoms with Crippen molar-refractivity contribution in [2.45, 2.75) is 18.4 Å². The summed E-state index contributed by atoms with van der Waals surface area (Å²) in [6.07, 6.45) is 0. The van der Waals surface area contributed by atoms with Gasteiger partial charge in [-0.1, -0.05) is 24.3 Å². The van der Waals surface area contributed by atoms with E-state index in [1.54, 1.807) is 47.7 Å². The largest absolute Gasteiger partial charge is 0.493 e. The summed E-state index contributed by atoms with van der Waals surface area (Å²) in [7, 11) is 3.11. The number of amides is 2. The number of ether oxygens (including phenoxy) is 2. The van der Waals surface area contributed by atoms with E-state index >= 15 is 0 Å². The van der Waals surface area contributed by atoms with E-state index in [0.29, 0.717) is 22.7 Å². The van der Waals surface area contributed by atoms with Crippen LogP contribution in [0.15, 0.2) is 65.6 Å². The number of carbonyl (C=O) groups is 1. The molecule has 1 aliphatic rings. The third-order valence-corrected chi connectivity index (χ3v) is 6.11. The average molecular weight is 424 g/mol. The van der Waals surface area contributed by atoms with Gasteiger partial charge in [-0.05, 0) is 54.8 Å². The first-order valence-electron chi connectivity index (χ1n) is 9.38. The van der Waals surface area contributed by atoms with Gasteiger partial charge in [0.15, 0.2) is 11.5 Å². The third-order valence-electron chi connectivity index (χ3n) is 5.02.